The Labute approximate surface area is 109 Å². The second-order valence-corrected chi connectivity index (χ2v) is 4.76. The third-order valence-electron chi connectivity index (χ3n) is 3.22. The zero-order valence-electron chi connectivity index (χ0n) is 11.0. The summed E-state index contributed by atoms with van der Waals surface area (Å²) in [6.45, 7) is 0. The first-order valence-electron chi connectivity index (χ1n) is 6.22. The molecule has 0 saturated heterocycles. The SMILES string of the molecule is CN(C)[C@@H](c1ccccc1)[C@@H](N)c1ccccc1. The summed E-state index contributed by atoms with van der Waals surface area (Å²) in [6.07, 6.45) is 0. The minimum Gasteiger partial charge on any atom is -0.322 e. The lowest BCUT2D eigenvalue weighted by molar-refractivity contribution is 0.259. The molecule has 2 heteroatoms. The topological polar surface area (TPSA) is 29.3 Å². The van der Waals surface area contributed by atoms with Crippen molar-refractivity contribution in [3.8, 4) is 0 Å². The van der Waals surface area contributed by atoms with E-state index in [-0.39, 0.29) is 12.1 Å². The molecule has 2 nitrogen and oxygen atoms in total. The molecule has 2 rings (SSSR count). The van der Waals surface area contributed by atoms with E-state index >= 15 is 0 Å². The smallest absolute Gasteiger partial charge is 0.0536 e. The molecule has 0 aromatic heterocycles. The fourth-order valence-electron chi connectivity index (χ4n) is 2.33. The highest BCUT2D eigenvalue weighted by Crippen LogP contribution is 2.30. The van der Waals surface area contributed by atoms with E-state index in [1.165, 1.54) is 11.1 Å². The van der Waals surface area contributed by atoms with Crippen LogP contribution in [0.1, 0.15) is 23.2 Å². The van der Waals surface area contributed by atoms with E-state index in [1.807, 2.05) is 24.3 Å². The van der Waals surface area contributed by atoms with Crippen molar-refractivity contribution in [3.63, 3.8) is 0 Å². The van der Waals surface area contributed by atoms with Gasteiger partial charge in [0, 0.05) is 6.04 Å². The molecule has 18 heavy (non-hydrogen) atoms. The molecule has 0 aliphatic heterocycles. The van der Waals surface area contributed by atoms with Gasteiger partial charge in [-0.3, -0.25) is 0 Å². The first kappa shape index (κ1) is 12.8. The average molecular weight is 240 g/mol. The van der Waals surface area contributed by atoms with E-state index in [0.29, 0.717) is 0 Å². The van der Waals surface area contributed by atoms with Crippen molar-refractivity contribution in [1.29, 1.82) is 0 Å². The number of benzene rings is 2. The molecule has 2 aromatic carbocycles. The third kappa shape index (κ3) is 2.78. The molecular formula is C16H20N2. The van der Waals surface area contributed by atoms with Gasteiger partial charge in [-0.15, -0.1) is 0 Å². The molecule has 0 aliphatic rings. The van der Waals surface area contributed by atoms with Crippen LogP contribution >= 0.6 is 0 Å². The van der Waals surface area contributed by atoms with E-state index in [0.717, 1.165) is 0 Å². The standard InChI is InChI=1S/C16H20N2/c1-18(2)16(14-11-7-4-8-12-14)15(17)13-9-5-3-6-10-13/h3-12,15-16H,17H2,1-2H3/t15-,16-/m0/s1. The summed E-state index contributed by atoms with van der Waals surface area (Å²) < 4.78 is 0. The molecule has 2 atom stereocenters. The quantitative estimate of drug-likeness (QED) is 0.890. The van der Waals surface area contributed by atoms with Crippen molar-refractivity contribution in [1.82, 2.24) is 4.90 Å². The normalized spacial score (nSPS) is 14.4. The summed E-state index contributed by atoms with van der Waals surface area (Å²) >= 11 is 0. The Morgan fingerprint density at radius 3 is 1.67 bits per heavy atom. The number of nitrogens with two attached hydrogens (primary N) is 1. The van der Waals surface area contributed by atoms with Crippen LogP contribution in [-0.2, 0) is 0 Å². The first-order chi connectivity index (χ1) is 8.70. The molecule has 0 heterocycles. The Morgan fingerprint density at radius 1 is 0.778 bits per heavy atom. The van der Waals surface area contributed by atoms with E-state index in [4.69, 9.17) is 5.73 Å². The lowest BCUT2D eigenvalue weighted by atomic mass is 9.93. The minimum absolute atomic E-state index is 0.0244. The summed E-state index contributed by atoms with van der Waals surface area (Å²) in [5.41, 5.74) is 8.85. The van der Waals surface area contributed by atoms with E-state index < -0.39 is 0 Å². The minimum atomic E-state index is -0.0244. The van der Waals surface area contributed by atoms with Gasteiger partial charge >= 0.3 is 0 Å². The summed E-state index contributed by atoms with van der Waals surface area (Å²) in [7, 11) is 4.14. The van der Waals surface area contributed by atoms with Crippen LogP contribution in [0.25, 0.3) is 0 Å². The molecule has 2 N–H and O–H groups in total. The van der Waals surface area contributed by atoms with Crippen LogP contribution in [0.15, 0.2) is 60.7 Å². The van der Waals surface area contributed by atoms with Crippen LogP contribution in [0, 0.1) is 0 Å². The van der Waals surface area contributed by atoms with Crippen molar-refractivity contribution in [2.45, 2.75) is 12.1 Å². The van der Waals surface area contributed by atoms with Gasteiger partial charge < -0.3 is 10.6 Å². The molecule has 0 spiro atoms. The third-order valence-corrected chi connectivity index (χ3v) is 3.22. The monoisotopic (exact) mass is 240 g/mol. The summed E-state index contributed by atoms with van der Waals surface area (Å²) in [5, 5.41) is 0. The lowest BCUT2D eigenvalue weighted by Crippen LogP contribution is -2.31. The Bertz CT molecular complexity index is 465. The Hall–Kier alpha value is -1.64. The Balaban J connectivity index is 2.32. The van der Waals surface area contributed by atoms with Gasteiger partial charge in [-0.05, 0) is 25.2 Å². The molecule has 0 bridgehead atoms. The van der Waals surface area contributed by atoms with E-state index in [1.54, 1.807) is 0 Å². The molecule has 0 unspecified atom stereocenters. The highest BCUT2D eigenvalue weighted by Gasteiger charge is 2.22. The van der Waals surface area contributed by atoms with Gasteiger partial charge in [-0.2, -0.15) is 0 Å². The maximum absolute atomic E-state index is 6.43. The fourth-order valence-corrected chi connectivity index (χ4v) is 2.33. The van der Waals surface area contributed by atoms with Crippen LogP contribution in [0.2, 0.25) is 0 Å². The zero-order chi connectivity index (χ0) is 13.0. The van der Waals surface area contributed by atoms with Crippen LogP contribution < -0.4 is 5.73 Å². The number of hydrogen-bond donors (Lipinski definition) is 1. The number of nitrogens with zero attached hydrogens (tertiary/aromatic N) is 1. The molecular weight excluding hydrogens is 220 g/mol. The zero-order valence-corrected chi connectivity index (χ0v) is 11.0. The predicted octanol–water partition coefficient (Wildman–Crippen LogP) is 2.99. The van der Waals surface area contributed by atoms with Gasteiger partial charge in [0.1, 0.15) is 0 Å². The molecule has 0 radical (unpaired) electrons. The molecule has 2 aromatic rings. The van der Waals surface area contributed by atoms with Gasteiger partial charge in [-0.25, -0.2) is 0 Å². The largest absolute Gasteiger partial charge is 0.322 e. The van der Waals surface area contributed by atoms with Crippen LogP contribution in [-0.4, -0.2) is 19.0 Å². The summed E-state index contributed by atoms with van der Waals surface area (Å²) in [6, 6.07) is 20.8. The predicted molar refractivity (Wildman–Crippen MR) is 76.2 cm³/mol. The van der Waals surface area contributed by atoms with Gasteiger partial charge in [0.05, 0.1) is 6.04 Å². The second-order valence-electron chi connectivity index (χ2n) is 4.76. The molecule has 0 amide bonds. The lowest BCUT2D eigenvalue weighted by Gasteiger charge is -2.30. The molecule has 0 fully saturated rings. The maximum Gasteiger partial charge on any atom is 0.0536 e. The van der Waals surface area contributed by atoms with Crippen molar-refractivity contribution in [2.75, 3.05) is 14.1 Å². The number of likely N-dealkylation sites (N-methyl/N-ethyl adjacent to an activating group) is 1. The Morgan fingerprint density at radius 2 is 1.22 bits per heavy atom. The van der Waals surface area contributed by atoms with E-state index in [2.05, 4.69) is 55.4 Å². The van der Waals surface area contributed by atoms with Gasteiger partial charge in [0.25, 0.3) is 0 Å². The second kappa shape index (κ2) is 5.80. The van der Waals surface area contributed by atoms with Gasteiger partial charge in [0.2, 0.25) is 0 Å². The maximum atomic E-state index is 6.43. The van der Waals surface area contributed by atoms with Gasteiger partial charge in [0.15, 0.2) is 0 Å². The van der Waals surface area contributed by atoms with Crippen molar-refractivity contribution in [2.24, 2.45) is 5.73 Å². The average Bonchev–Trinajstić information content (AvgIpc) is 2.40. The summed E-state index contributed by atoms with van der Waals surface area (Å²) in [4.78, 5) is 2.17. The van der Waals surface area contributed by atoms with Crippen LogP contribution in [0.5, 0.6) is 0 Å². The molecule has 0 saturated carbocycles. The van der Waals surface area contributed by atoms with Crippen molar-refractivity contribution in [3.05, 3.63) is 71.8 Å². The number of rotatable bonds is 4. The summed E-state index contributed by atoms with van der Waals surface area (Å²) in [5.74, 6) is 0. The number of hydrogen-bond acceptors (Lipinski definition) is 2. The highest BCUT2D eigenvalue weighted by molar-refractivity contribution is 5.27. The van der Waals surface area contributed by atoms with Crippen molar-refractivity contribution >= 4 is 0 Å². The van der Waals surface area contributed by atoms with Gasteiger partial charge in [-0.1, -0.05) is 60.7 Å². The molecule has 94 valence electrons. The fraction of sp³-hybridized carbons (Fsp3) is 0.250. The molecule has 0 aliphatic carbocycles. The Kier molecular flexibility index (Phi) is 4.13. The highest BCUT2D eigenvalue weighted by atomic mass is 15.1. The van der Waals surface area contributed by atoms with Crippen LogP contribution in [0.3, 0.4) is 0 Å². The van der Waals surface area contributed by atoms with Crippen LogP contribution in [0.4, 0.5) is 0 Å². The van der Waals surface area contributed by atoms with Crippen molar-refractivity contribution < 1.29 is 0 Å². The first-order valence-corrected chi connectivity index (χ1v) is 6.22. The van der Waals surface area contributed by atoms with E-state index in [9.17, 15) is 0 Å².